The van der Waals surface area contributed by atoms with E-state index >= 15 is 0 Å². The van der Waals surface area contributed by atoms with Crippen molar-refractivity contribution in [3.05, 3.63) is 94.1 Å². The van der Waals surface area contributed by atoms with E-state index in [4.69, 9.17) is 0 Å². The Balaban J connectivity index is 1.70. The van der Waals surface area contributed by atoms with Crippen molar-refractivity contribution in [1.29, 1.82) is 0 Å². The van der Waals surface area contributed by atoms with Gasteiger partial charge in [0.1, 0.15) is 0 Å². The minimum Gasteiger partial charge on any atom is -0.330 e. The van der Waals surface area contributed by atoms with Crippen LogP contribution in [0.3, 0.4) is 0 Å². The maximum absolute atomic E-state index is 12.5. The molecule has 7 nitrogen and oxygen atoms in total. The molecule has 7 heteroatoms. The molecule has 0 aliphatic carbocycles. The van der Waals surface area contributed by atoms with Crippen LogP contribution in [-0.4, -0.2) is 20.4 Å². The van der Waals surface area contributed by atoms with Gasteiger partial charge < -0.3 is 9.88 Å². The van der Waals surface area contributed by atoms with Gasteiger partial charge in [0, 0.05) is 35.8 Å². The molecule has 1 N–H and O–H groups in total. The fourth-order valence-electron chi connectivity index (χ4n) is 3.34. The predicted molar refractivity (Wildman–Crippen MR) is 117 cm³/mol. The van der Waals surface area contributed by atoms with Crippen LogP contribution in [0.1, 0.15) is 37.9 Å². The lowest BCUT2D eigenvalue weighted by Crippen LogP contribution is -2.16. The van der Waals surface area contributed by atoms with E-state index in [-0.39, 0.29) is 17.6 Å². The predicted octanol–water partition coefficient (Wildman–Crippen LogP) is 5.08. The van der Waals surface area contributed by atoms with E-state index in [1.807, 2.05) is 36.8 Å². The summed E-state index contributed by atoms with van der Waals surface area (Å²) in [5, 5.41) is 13.6. The molecule has 2 aromatic carbocycles. The fraction of sp³-hybridized carbons (Fsp3) is 0.217. The van der Waals surface area contributed by atoms with E-state index in [1.54, 1.807) is 31.3 Å². The number of nitrogens with one attached hydrogen (secondary N) is 1. The molecular weight excluding hydrogens is 380 g/mol. The molecule has 30 heavy (non-hydrogen) atoms. The monoisotopic (exact) mass is 404 g/mol. The highest BCUT2D eigenvalue weighted by Gasteiger charge is 2.17. The second-order valence-corrected chi connectivity index (χ2v) is 7.45. The zero-order chi connectivity index (χ0) is 21.7. The highest BCUT2D eigenvalue weighted by Crippen LogP contribution is 2.27. The number of rotatable bonds is 7. The maximum atomic E-state index is 12.5. The Labute approximate surface area is 175 Å². The van der Waals surface area contributed by atoms with Gasteiger partial charge in [0.15, 0.2) is 0 Å². The van der Waals surface area contributed by atoms with Crippen LogP contribution >= 0.6 is 0 Å². The Hall–Kier alpha value is -3.74. The Morgan fingerprint density at radius 2 is 1.80 bits per heavy atom. The first kappa shape index (κ1) is 21.0. The second-order valence-electron chi connectivity index (χ2n) is 7.45. The number of anilines is 1. The Bertz CT molecular complexity index is 1040. The lowest BCUT2D eigenvalue weighted by Gasteiger charge is -2.23. The summed E-state index contributed by atoms with van der Waals surface area (Å²) in [6.45, 7) is 6.03. The third-order valence-corrected chi connectivity index (χ3v) is 4.83. The zero-order valence-electron chi connectivity index (χ0n) is 17.1. The quantitative estimate of drug-likeness (QED) is 0.338. The summed E-state index contributed by atoms with van der Waals surface area (Å²) in [5.41, 5.74) is 3.09. The van der Waals surface area contributed by atoms with Gasteiger partial charge in [-0.05, 0) is 54.3 Å². The summed E-state index contributed by atoms with van der Waals surface area (Å²) in [5.74, 6) is 0.155. The first-order chi connectivity index (χ1) is 14.3. The van der Waals surface area contributed by atoms with Crippen LogP contribution < -0.4 is 5.32 Å². The molecule has 0 saturated heterocycles. The van der Waals surface area contributed by atoms with E-state index in [9.17, 15) is 14.9 Å². The Morgan fingerprint density at radius 1 is 1.13 bits per heavy atom. The molecule has 1 atom stereocenters. The number of imidazole rings is 1. The molecule has 0 aliphatic rings. The van der Waals surface area contributed by atoms with Gasteiger partial charge >= 0.3 is 0 Å². The van der Waals surface area contributed by atoms with Crippen LogP contribution in [-0.2, 0) is 4.79 Å². The molecule has 154 valence electrons. The Kier molecular flexibility index (Phi) is 6.41. The standard InChI is InChI=1S/C23H24N4O3/c1-16(2)22(26-13-12-24-15-26)19-6-8-20(9-7-19)25-23(28)17(3)14-18-4-10-21(11-5-18)27(29)30/h4-16,22H,1-3H3,(H,25,28)/b17-14-. The molecule has 0 saturated carbocycles. The number of aromatic nitrogens is 2. The van der Waals surface area contributed by atoms with Gasteiger partial charge in [-0.15, -0.1) is 0 Å². The normalized spacial score (nSPS) is 12.6. The minimum absolute atomic E-state index is 0.0183. The third kappa shape index (κ3) is 5.00. The number of non-ortho nitro benzene ring substituents is 1. The number of carbonyl (C=O) groups excluding carboxylic acids is 1. The molecule has 0 spiro atoms. The van der Waals surface area contributed by atoms with Crippen LogP contribution in [0.4, 0.5) is 11.4 Å². The summed E-state index contributed by atoms with van der Waals surface area (Å²) in [6.07, 6.45) is 7.23. The van der Waals surface area contributed by atoms with Gasteiger partial charge in [-0.2, -0.15) is 0 Å². The number of hydrogen-bond acceptors (Lipinski definition) is 4. The van der Waals surface area contributed by atoms with Crippen molar-refractivity contribution in [1.82, 2.24) is 9.55 Å². The highest BCUT2D eigenvalue weighted by atomic mass is 16.6. The first-order valence-corrected chi connectivity index (χ1v) is 9.66. The molecule has 1 heterocycles. The SMILES string of the molecule is C/C(=C/c1ccc([N+](=O)[O-])cc1)C(=O)Nc1ccc(C(C(C)C)n2ccnc2)cc1. The lowest BCUT2D eigenvalue weighted by atomic mass is 9.95. The average Bonchev–Trinajstić information content (AvgIpc) is 3.23. The second kappa shape index (κ2) is 9.17. The number of carbonyl (C=O) groups is 1. The summed E-state index contributed by atoms with van der Waals surface area (Å²) in [4.78, 5) is 26.9. The molecule has 0 bridgehead atoms. The first-order valence-electron chi connectivity index (χ1n) is 9.66. The lowest BCUT2D eigenvalue weighted by molar-refractivity contribution is -0.384. The van der Waals surface area contributed by atoms with Gasteiger partial charge in [0.2, 0.25) is 0 Å². The van der Waals surface area contributed by atoms with Crippen LogP contribution in [0.25, 0.3) is 6.08 Å². The molecule has 1 amide bonds. The topological polar surface area (TPSA) is 90.1 Å². The molecule has 0 aliphatic heterocycles. The van der Waals surface area contributed by atoms with Gasteiger partial charge in [0.25, 0.3) is 11.6 Å². The van der Waals surface area contributed by atoms with E-state index in [0.717, 1.165) is 11.1 Å². The average molecular weight is 404 g/mol. The number of nitro benzene ring substituents is 1. The number of nitro groups is 1. The van der Waals surface area contributed by atoms with Crippen LogP contribution in [0.5, 0.6) is 0 Å². The van der Waals surface area contributed by atoms with Crippen molar-refractivity contribution in [2.24, 2.45) is 5.92 Å². The molecule has 3 aromatic rings. The number of amides is 1. The molecular formula is C23H24N4O3. The zero-order valence-corrected chi connectivity index (χ0v) is 17.1. The Morgan fingerprint density at radius 3 is 2.33 bits per heavy atom. The van der Waals surface area contributed by atoms with Crippen molar-refractivity contribution < 1.29 is 9.72 Å². The van der Waals surface area contributed by atoms with Gasteiger partial charge in [0.05, 0.1) is 17.3 Å². The number of nitrogens with zero attached hydrogens (tertiary/aromatic N) is 3. The summed E-state index contributed by atoms with van der Waals surface area (Å²) in [7, 11) is 0. The van der Waals surface area contributed by atoms with Crippen LogP contribution in [0.2, 0.25) is 0 Å². The van der Waals surface area contributed by atoms with Crippen LogP contribution in [0.15, 0.2) is 72.8 Å². The van der Waals surface area contributed by atoms with E-state index in [1.165, 1.54) is 12.1 Å². The molecule has 1 aromatic heterocycles. The largest absolute Gasteiger partial charge is 0.330 e. The summed E-state index contributed by atoms with van der Waals surface area (Å²) < 4.78 is 2.08. The molecule has 0 fully saturated rings. The van der Waals surface area contributed by atoms with Crippen molar-refractivity contribution in [2.75, 3.05) is 5.32 Å². The molecule has 1 unspecified atom stereocenters. The fourth-order valence-corrected chi connectivity index (χ4v) is 3.34. The van der Waals surface area contributed by atoms with Crippen LogP contribution in [0, 0.1) is 16.0 Å². The van der Waals surface area contributed by atoms with E-state index in [2.05, 4.69) is 28.7 Å². The number of hydrogen-bond donors (Lipinski definition) is 1. The van der Waals surface area contributed by atoms with Crippen molar-refractivity contribution >= 4 is 23.4 Å². The highest BCUT2D eigenvalue weighted by molar-refractivity contribution is 6.06. The minimum atomic E-state index is -0.451. The summed E-state index contributed by atoms with van der Waals surface area (Å²) in [6, 6.07) is 14.0. The van der Waals surface area contributed by atoms with Crippen molar-refractivity contribution in [3.8, 4) is 0 Å². The third-order valence-electron chi connectivity index (χ3n) is 4.83. The smallest absolute Gasteiger partial charge is 0.269 e. The summed E-state index contributed by atoms with van der Waals surface area (Å²) >= 11 is 0. The van der Waals surface area contributed by atoms with E-state index in [0.29, 0.717) is 17.2 Å². The van der Waals surface area contributed by atoms with Gasteiger partial charge in [-0.1, -0.05) is 26.0 Å². The van der Waals surface area contributed by atoms with E-state index < -0.39 is 4.92 Å². The molecule has 3 rings (SSSR count). The van der Waals surface area contributed by atoms with Crippen molar-refractivity contribution in [2.45, 2.75) is 26.8 Å². The van der Waals surface area contributed by atoms with Gasteiger partial charge in [-0.3, -0.25) is 14.9 Å². The molecule has 0 radical (unpaired) electrons. The van der Waals surface area contributed by atoms with Gasteiger partial charge in [-0.25, -0.2) is 4.98 Å². The number of benzene rings is 2. The van der Waals surface area contributed by atoms with Crippen molar-refractivity contribution in [3.63, 3.8) is 0 Å². The maximum Gasteiger partial charge on any atom is 0.269 e.